The van der Waals surface area contributed by atoms with Gasteiger partial charge in [-0.05, 0) is 66.1 Å². The molecule has 4 aromatic rings. The van der Waals surface area contributed by atoms with E-state index in [2.05, 4.69) is 32.7 Å². The summed E-state index contributed by atoms with van der Waals surface area (Å²) in [5, 5.41) is 16.8. The van der Waals surface area contributed by atoms with Crippen LogP contribution in [-0.4, -0.2) is 23.6 Å². The maximum absolute atomic E-state index is 9.04. The Morgan fingerprint density at radius 3 is 2.40 bits per heavy atom. The number of methoxy groups -OCH3 is 1. The number of benzene rings is 3. The van der Waals surface area contributed by atoms with E-state index in [1.54, 1.807) is 19.2 Å². The lowest BCUT2D eigenvalue weighted by Gasteiger charge is -2.13. The predicted octanol–water partition coefficient (Wildman–Crippen LogP) is 6.65. The maximum Gasteiger partial charge on any atom is 0.229 e. The monoisotopic (exact) mass is 503 g/mol. The van der Waals surface area contributed by atoms with Gasteiger partial charge in [0.1, 0.15) is 11.6 Å². The van der Waals surface area contributed by atoms with Gasteiger partial charge in [-0.3, -0.25) is 0 Å². The van der Waals surface area contributed by atoms with Crippen molar-refractivity contribution in [2.45, 2.75) is 12.8 Å². The topological polar surface area (TPSA) is 82.9 Å². The Hall–Kier alpha value is -3.79. The van der Waals surface area contributed by atoms with Crippen molar-refractivity contribution in [3.63, 3.8) is 0 Å². The first-order chi connectivity index (χ1) is 17.0. The molecule has 1 heterocycles. The standard InChI is InChI=1S/C27H23Cl2N5O/c1-35-22-5-2-4-18(14-22)12-13-31-26-16-21(15-23-24(28)6-3-7-25(23)29)33-27(34-26)32-20-10-8-19(17-30)9-11-20/h2-11,14,16H,12-13,15H2,1H3,(H2,31,32,33,34). The van der Waals surface area contributed by atoms with Gasteiger partial charge in [-0.1, -0.05) is 41.4 Å². The second-order valence-corrected chi connectivity index (χ2v) is 8.60. The molecule has 0 aliphatic carbocycles. The highest BCUT2D eigenvalue weighted by Gasteiger charge is 2.11. The number of hydrogen-bond donors (Lipinski definition) is 2. The molecule has 0 atom stereocenters. The number of halogens is 2. The van der Waals surface area contributed by atoms with E-state index in [1.165, 1.54) is 0 Å². The highest BCUT2D eigenvalue weighted by atomic mass is 35.5. The van der Waals surface area contributed by atoms with Crippen LogP contribution in [0.1, 0.15) is 22.4 Å². The average Bonchev–Trinajstić information content (AvgIpc) is 2.87. The van der Waals surface area contributed by atoms with E-state index in [9.17, 15) is 0 Å². The van der Waals surface area contributed by atoms with Crippen LogP contribution in [0.15, 0.2) is 72.8 Å². The fourth-order valence-corrected chi connectivity index (χ4v) is 4.07. The Morgan fingerprint density at radius 1 is 0.943 bits per heavy atom. The summed E-state index contributed by atoms with van der Waals surface area (Å²) in [4.78, 5) is 9.31. The van der Waals surface area contributed by atoms with Crippen molar-refractivity contribution < 1.29 is 4.74 Å². The fraction of sp³-hybridized carbons (Fsp3) is 0.148. The number of anilines is 3. The molecule has 0 aliphatic heterocycles. The summed E-state index contributed by atoms with van der Waals surface area (Å²) in [5.41, 5.74) is 4.08. The van der Waals surface area contributed by atoms with Gasteiger partial charge < -0.3 is 15.4 Å². The van der Waals surface area contributed by atoms with E-state index in [-0.39, 0.29) is 0 Å². The van der Waals surface area contributed by atoms with Gasteiger partial charge >= 0.3 is 0 Å². The maximum atomic E-state index is 9.04. The quantitative estimate of drug-likeness (QED) is 0.266. The fourth-order valence-electron chi connectivity index (χ4n) is 3.54. The van der Waals surface area contributed by atoms with Crippen molar-refractivity contribution in [3.05, 3.63) is 105 Å². The Kier molecular flexibility index (Phi) is 8.04. The molecule has 35 heavy (non-hydrogen) atoms. The molecule has 0 fully saturated rings. The molecule has 8 heteroatoms. The minimum Gasteiger partial charge on any atom is -0.497 e. The number of ether oxygens (including phenoxy) is 1. The molecule has 0 unspecified atom stereocenters. The summed E-state index contributed by atoms with van der Waals surface area (Å²) in [6.45, 7) is 0.673. The summed E-state index contributed by atoms with van der Waals surface area (Å²) in [5.74, 6) is 1.94. The number of rotatable bonds is 9. The number of nitrogens with zero attached hydrogens (tertiary/aromatic N) is 3. The van der Waals surface area contributed by atoms with Crippen LogP contribution in [0.4, 0.5) is 17.5 Å². The summed E-state index contributed by atoms with van der Waals surface area (Å²) in [6, 6.07) is 24.5. The Balaban J connectivity index is 1.56. The van der Waals surface area contributed by atoms with Crippen LogP contribution in [0.5, 0.6) is 5.75 Å². The molecule has 2 N–H and O–H groups in total. The minimum absolute atomic E-state index is 0.430. The molecule has 0 aliphatic rings. The Bertz CT molecular complexity index is 1330. The second kappa shape index (κ2) is 11.6. The van der Waals surface area contributed by atoms with Crippen LogP contribution in [-0.2, 0) is 12.8 Å². The lowest BCUT2D eigenvalue weighted by atomic mass is 10.1. The van der Waals surface area contributed by atoms with E-state index in [4.69, 9.17) is 33.2 Å². The van der Waals surface area contributed by atoms with Crippen molar-refractivity contribution in [3.8, 4) is 11.8 Å². The first-order valence-electron chi connectivity index (χ1n) is 11.0. The molecule has 3 aromatic carbocycles. The lowest BCUT2D eigenvalue weighted by molar-refractivity contribution is 0.414. The van der Waals surface area contributed by atoms with Crippen molar-refractivity contribution in [1.82, 2.24) is 9.97 Å². The van der Waals surface area contributed by atoms with Gasteiger partial charge in [-0.15, -0.1) is 0 Å². The molecule has 0 saturated heterocycles. The summed E-state index contributed by atoms with van der Waals surface area (Å²) in [6.07, 6.45) is 1.25. The third kappa shape index (κ3) is 6.63. The molecule has 0 amide bonds. The third-order valence-corrected chi connectivity index (χ3v) is 6.03. The normalized spacial score (nSPS) is 10.5. The molecule has 0 spiro atoms. The first kappa shape index (κ1) is 24.3. The van der Waals surface area contributed by atoms with E-state index in [1.807, 2.05) is 54.6 Å². The van der Waals surface area contributed by atoms with E-state index >= 15 is 0 Å². The molecule has 0 saturated carbocycles. The largest absolute Gasteiger partial charge is 0.497 e. The zero-order chi connectivity index (χ0) is 24.6. The smallest absolute Gasteiger partial charge is 0.229 e. The van der Waals surface area contributed by atoms with Gasteiger partial charge in [0.05, 0.1) is 24.4 Å². The van der Waals surface area contributed by atoms with Crippen LogP contribution in [0.2, 0.25) is 10.0 Å². The van der Waals surface area contributed by atoms with Crippen LogP contribution >= 0.6 is 23.2 Å². The number of hydrogen-bond acceptors (Lipinski definition) is 6. The Labute approximate surface area is 214 Å². The molecular formula is C27H23Cl2N5O. The minimum atomic E-state index is 0.430. The van der Waals surface area contributed by atoms with Crippen molar-refractivity contribution in [1.29, 1.82) is 5.26 Å². The first-order valence-corrected chi connectivity index (χ1v) is 11.7. The molecule has 6 nitrogen and oxygen atoms in total. The van der Waals surface area contributed by atoms with Crippen molar-refractivity contribution in [2.75, 3.05) is 24.3 Å². The molecule has 1 aromatic heterocycles. The average molecular weight is 504 g/mol. The van der Waals surface area contributed by atoms with E-state index < -0.39 is 0 Å². The van der Waals surface area contributed by atoms with Crippen LogP contribution in [0.25, 0.3) is 0 Å². The lowest BCUT2D eigenvalue weighted by Crippen LogP contribution is -2.10. The van der Waals surface area contributed by atoms with Crippen molar-refractivity contribution >= 4 is 40.7 Å². The summed E-state index contributed by atoms with van der Waals surface area (Å²) >= 11 is 12.8. The number of nitrogens with one attached hydrogen (secondary N) is 2. The van der Waals surface area contributed by atoms with Crippen molar-refractivity contribution in [2.24, 2.45) is 0 Å². The number of nitriles is 1. The van der Waals surface area contributed by atoms with Crippen LogP contribution in [0.3, 0.4) is 0 Å². The second-order valence-electron chi connectivity index (χ2n) is 7.79. The number of aromatic nitrogens is 2. The SMILES string of the molecule is COc1cccc(CCNc2cc(Cc3c(Cl)cccc3Cl)nc(Nc3ccc(C#N)cc3)n2)c1. The zero-order valence-electron chi connectivity index (χ0n) is 19.1. The van der Waals surface area contributed by atoms with Gasteiger partial charge in [0, 0.05) is 34.8 Å². The third-order valence-electron chi connectivity index (χ3n) is 5.32. The van der Waals surface area contributed by atoms with Gasteiger partial charge in [0.15, 0.2) is 0 Å². The molecule has 4 rings (SSSR count). The molecule has 0 radical (unpaired) electrons. The molecule has 0 bridgehead atoms. The zero-order valence-corrected chi connectivity index (χ0v) is 20.6. The van der Waals surface area contributed by atoms with E-state index in [0.717, 1.165) is 34.7 Å². The highest BCUT2D eigenvalue weighted by Crippen LogP contribution is 2.27. The Morgan fingerprint density at radius 2 is 1.69 bits per heavy atom. The molecule has 176 valence electrons. The van der Waals surface area contributed by atoms with Crippen LogP contribution in [0, 0.1) is 11.3 Å². The summed E-state index contributed by atoms with van der Waals surface area (Å²) < 4.78 is 5.31. The molecular weight excluding hydrogens is 481 g/mol. The van der Waals surface area contributed by atoms with Gasteiger partial charge in [0.25, 0.3) is 0 Å². The summed E-state index contributed by atoms with van der Waals surface area (Å²) in [7, 11) is 1.66. The van der Waals surface area contributed by atoms with Gasteiger partial charge in [0.2, 0.25) is 5.95 Å². The van der Waals surface area contributed by atoms with Crippen LogP contribution < -0.4 is 15.4 Å². The highest BCUT2D eigenvalue weighted by molar-refractivity contribution is 6.36. The van der Waals surface area contributed by atoms with E-state index in [0.29, 0.717) is 40.3 Å². The van der Waals surface area contributed by atoms with Gasteiger partial charge in [-0.25, -0.2) is 4.98 Å². The predicted molar refractivity (Wildman–Crippen MR) is 141 cm³/mol. The van der Waals surface area contributed by atoms with Gasteiger partial charge in [-0.2, -0.15) is 10.2 Å².